The average molecular weight is 402 g/mol. The molecule has 0 unspecified atom stereocenters. The summed E-state index contributed by atoms with van der Waals surface area (Å²) in [5.41, 5.74) is 3.45. The molecule has 0 bridgehead atoms. The number of hydrogen-bond donors (Lipinski definition) is 0. The second-order valence-electron chi connectivity index (χ2n) is 6.49. The number of nitrogens with zero attached hydrogens (tertiary/aromatic N) is 3. The van der Waals surface area contributed by atoms with E-state index < -0.39 is 9.84 Å². The van der Waals surface area contributed by atoms with E-state index in [4.69, 9.17) is 0 Å². The molecule has 0 saturated carbocycles. The molecular weight excluding hydrogens is 378 g/mol. The molecule has 7 heteroatoms. The number of aromatic nitrogens is 3. The highest BCUT2D eigenvalue weighted by Gasteiger charge is 2.21. The zero-order valence-corrected chi connectivity index (χ0v) is 17.3. The maximum Gasteiger partial charge on any atom is 0.191 e. The van der Waals surface area contributed by atoms with Crippen molar-refractivity contribution in [2.24, 2.45) is 0 Å². The van der Waals surface area contributed by atoms with Gasteiger partial charge in [-0.2, -0.15) is 0 Å². The van der Waals surface area contributed by atoms with E-state index in [1.54, 1.807) is 36.0 Å². The van der Waals surface area contributed by atoms with Gasteiger partial charge in [0.25, 0.3) is 0 Å². The number of rotatable bonds is 7. The molecule has 3 rings (SSSR count). The van der Waals surface area contributed by atoms with Gasteiger partial charge in [-0.05, 0) is 38.5 Å². The molecule has 1 aromatic heterocycles. The van der Waals surface area contributed by atoms with Gasteiger partial charge in [0.15, 0.2) is 15.0 Å². The maximum atomic E-state index is 12.7. The first-order valence-electron chi connectivity index (χ1n) is 8.79. The Bertz CT molecular complexity index is 1010. The summed E-state index contributed by atoms with van der Waals surface area (Å²) >= 11 is 1.57. The lowest BCUT2D eigenvalue weighted by atomic mass is 10.2. The first-order chi connectivity index (χ1) is 12.9. The van der Waals surface area contributed by atoms with E-state index in [2.05, 4.69) is 41.4 Å². The van der Waals surface area contributed by atoms with E-state index in [0.29, 0.717) is 17.3 Å². The van der Waals surface area contributed by atoms with Crippen molar-refractivity contribution in [1.29, 1.82) is 0 Å². The molecule has 0 spiro atoms. The Balaban J connectivity index is 1.77. The second-order valence-corrected chi connectivity index (χ2v) is 9.42. The summed E-state index contributed by atoms with van der Waals surface area (Å²) in [6.45, 7) is 6.59. The fourth-order valence-electron chi connectivity index (χ4n) is 2.68. The SMILES string of the molecule is CCn1c(CS(=O)(=O)c2ccc(C)cc2)nnc1SCc1ccc(C)cc1. The van der Waals surface area contributed by atoms with E-state index in [-0.39, 0.29) is 5.75 Å². The Morgan fingerprint density at radius 3 is 2.11 bits per heavy atom. The van der Waals surface area contributed by atoms with Crippen molar-refractivity contribution in [3.8, 4) is 0 Å². The van der Waals surface area contributed by atoms with Crippen LogP contribution in [0.4, 0.5) is 0 Å². The molecule has 0 N–H and O–H groups in total. The Labute approximate surface area is 164 Å². The van der Waals surface area contributed by atoms with E-state index >= 15 is 0 Å². The lowest BCUT2D eigenvalue weighted by Crippen LogP contribution is -2.11. The summed E-state index contributed by atoms with van der Waals surface area (Å²) in [6, 6.07) is 15.3. The standard InChI is InChI=1S/C20H23N3O2S2/c1-4-23-19(14-27(24,25)18-11-7-16(3)8-12-18)21-22-20(23)26-13-17-9-5-15(2)6-10-17/h5-12H,4,13-14H2,1-3H3. The van der Waals surface area contributed by atoms with Crippen LogP contribution in [0.3, 0.4) is 0 Å². The molecule has 0 amide bonds. The average Bonchev–Trinajstić information content (AvgIpc) is 3.02. The van der Waals surface area contributed by atoms with Crippen LogP contribution in [-0.4, -0.2) is 23.2 Å². The van der Waals surface area contributed by atoms with Gasteiger partial charge in [-0.25, -0.2) is 8.42 Å². The highest BCUT2D eigenvalue weighted by atomic mass is 32.2. The number of thioether (sulfide) groups is 1. The lowest BCUT2D eigenvalue weighted by Gasteiger charge is -2.08. The van der Waals surface area contributed by atoms with Crippen LogP contribution in [0.15, 0.2) is 58.6 Å². The molecule has 2 aromatic carbocycles. The number of benzene rings is 2. The molecular formula is C20H23N3O2S2. The third-order valence-corrected chi connectivity index (χ3v) is 6.96. The first kappa shape index (κ1) is 19.6. The van der Waals surface area contributed by atoms with Crippen LogP contribution in [0.5, 0.6) is 0 Å². The van der Waals surface area contributed by atoms with Gasteiger partial charge in [0, 0.05) is 12.3 Å². The van der Waals surface area contributed by atoms with Gasteiger partial charge in [0.05, 0.1) is 4.90 Å². The van der Waals surface area contributed by atoms with Crippen molar-refractivity contribution in [3.05, 3.63) is 71.0 Å². The normalized spacial score (nSPS) is 11.7. The molecule has 0 aliphatic carbocycles. The molecule has 142 valence electrons. The molecule has 0 fully saturated rings. The zero-order valence-electron chi connectivity index (χ0n) is 15.7. The van der Waals surface area contributed by atoms with Crippen molar-refractivity contribution < 1.29 is 8.42 Å². The number of sulfone groups is 1. The maximum absolute atomic E-state index is 12.7. The molecule has 0 saturated heterocycles. The molecule has 1 heterocycles. The zero-order chi connectivity index (χ0) is 19.4. The fourth-order valence-corrected chi connectivity index (χ4v) is 4.93. The number of aryl methyl sites for hydroxylation is 2. The fraction of sp³-hybridized carbons (Fsp3) is 0.300. The van der Waals surface area contributed by atoms with Gasteiger partial charge >= 0.3 is 0 Å². The Morgan fingerprint density at radius 1 is 0.926 bits per heavy atom. The van der Waals surface area contributed by atoms with E-state index in [0.717, 1.165) is 16.5 Å². The Kier molecular flexibility index (Phi) is 6.01. The van der Waals surface area contributed by atoms with Gasteiger partial charge in [-0.1, -0.05) is 59.3 Å². The van der Waals surface area contributed by atoms with Crippen LogP contribution in [0.2, 0.25) is 0 Å². The third kappa shape index (κ3) is 4.78. The molecule has 3 aromatic rings. The molecule has 0 atom stereocenters. The Hall–Kier alpha value is -2.12. The monoisotopic (exact) mass is 401 g/mol. The largest absolute Gasteiger partial charge is 0.305 e. The minimum absolute atomic E-state index is 0.151. The van der Waals surface area contributed by atoms with Crippen LogP contribution in [-0.2, 0) is 27.9 Å². The first-order valence-corrected chi connectivity index (χ1v) is 11.4. The molecule has 0 aliphatic heterocycles. The minimum Gasteiger partial charge on any atom is -0.305 e. The minimum atomic E-state index is -3.45. The van der Waals surface area contributed by atoms with Crippen molar-refractivity contribution in [3.63, 3.8) is 0 Å². The van der Waals surface area contributed by atoms with Crippen LogP contribution in [0.25, 0.3) is 0 Å². The van der Waals surface area contributed by atoms with E-state index in [1.807, 2.05) is 18.4 Å². The van der Waals surface area contributed by atoms with Gasteiger partial charge in [-0.3, -0.25) is 0 Å². The highest BCUT2D eigenvalue weighted by molar-refractivity contribution is 7.98. The topological polar surface area (TPSA) is 64.8 Å². The van der Waals surface area contributed by atoms with Crippen LogP contribution in [0.1, 0.15) is 29.4 Å². The van der Waals surface area contributed by atoms with E-state index in [1.165, 1.54) is 11.1 Å². The van der Waals surface area contributed by atoms with E-state index in [9.17, 15) is 8.42 Å². The van der Waals surface area contributed by atoms with Gasteiger partial charge in [0.2, 0.25) is 0 Å². The summed E-state index contributed by atoms with van der Waals surface area (Å²) in [5, 5.41) is 9.12. The molecule has 0 radical (unpaired) electrons. The van der Waals surface area contributed by atoms with Crippen molar-refractivity contribution in [1.82, 2.24) is 14.8 Å². The van der Waals surface area contributed by atoms with Crippen LogP contribution < -0.4 is 0 Å². The quantitative estimate of drug-likeness (QED) is 0.556. The predicted molar refractivity (Wildman–Crippen MR) is 109 cm³/mol. The molecule has 5 nitrogen and oxygen atoms in total. The Morgan fingerprint density at radius 2 is 1.52 bits per heavy atom. The smallest absolute Gasteiger partial charge is 0.191 e. The van der Waals surface area contributed by atoms with Gasteiger partial charge in [-0.15, -0.1) is 10.2 Å². The molecule has 0 aliphatic rings. The van der Waals surface area contributed by atoms with Crippen LogP contribution >= 0.6 is 11.8 Å². The summed E-state index contributed by atoms with van der Waals surface area (Å²) in [4.78, 5) is 0.313. The third-order valence-electron chi connectivity index (χ3n) is 4.30. The summed E-state index contributed by atoms with van der Waals surface area (Å²) in [7, 11) is -3.45. The van der Waals surface area contributed by atoms with Crippen LogP contribution in [0, 0.1) is 13.8 Å². The predicted octanol–water partition coefficient (Wildman–Crippen LogP) is 4.18. The van der Waals surface area contributed by atoms with Crippen molar-refractivity contribution >= 4 is 21.6 Å². The van der Waals surface area contributed by atoms with Crippen molar-refractivity contribution in [2.75, 3.05) is 0 Å². The second kappa shape index (κ2) is 8.27. The summed E-state index contributed by atoms with van der Waals surface area (Å²) in [6.07, 6.45) is 0. The highest BCUT2D eigenvalue weighted by Crippen LogP contribution is 2.24. The van der Waals surface area contributed by atoms with Gasteiger partial charge < -0.3 is 4.57 Å². The number of hydrogen-bond acceptors (Lipinski definition) is 5. The molecule has 27 heavy (non-hydrogen) atoms. The summed E-state index contributed by atoms with van der Waals surface area (Å²) in [5.74, 6) is 1.09. The van der Waals surface area contributed by atoms with Gasteiger partial charge in [0.1, 0.15) is 11.6 Å². The lowest BCUT2D eigenvalue weighted by molar-refractivity contribution is 0.588. The summed E-state index contributed by atoms with van der Waals surface area (Å²) < 4.78 is 27.3. The van der Waals surface area contributed by atoms with Crippen molar-refractivity contribution in [2.45, 2.75) is 48.9 Å².